The van der Waals surface area contributed by atoms with Crippen LogP contribution in [0.25, 0.3) is 11.0 Å². The molecule has 3 aromatic rings. The number of anilines is 1. The molecule has 8 heteroatoms. The molecule has 2 aromatic carbocycles. The number of likely N-dealkylation sites (tertiary alicyclic amines) is 1. The molecule has 2 saturated heterocycles. The molecule has 2 fully saturated rings. The number of imidazole rings is 1. The van der Waals surface area contributed by atoms with Crippen LogP contribution in [-0.2, 0) is 27.4 Å². The van der Waals surface area contributed by atoms with Crippen molar-refractivity contribution >= 4 is 28.5 Å². The van der Waals surface area contributed by atoms with E-state index in [0.717, 1.165) is 55.3 Å². The summed E-state index contributed by atoms with van der Waals surface area (Å²) >= 11 is 0. The van der Waals surface area contributed by atoms with Crippen molar-refractivity contribution < 1.29 is 14.3 Å². The fraction of sp³-hybridized carbons (Fsp3) is 0.375. The SMILES string of the molecule is O=C(Nc1ccc2nc(CN3CCOCC3)[nH]c2c1)[C@H]1CC(=O)N(Cc2ccccc2)C1. The van der Waals surface area contributed by atoms with E-state index in [2.05, 4.69) is 20.2 Å². The largest absolute Gasteiger partial charge is 0.379 e. The second kappa shape index (κ2) is 9.10. The molecular formula is C24H27N5O3. The molecule has 0 aliphatic carbocycles. The van der Waals surface area contributed by atoms with Crippen molar-refractivity contribution in [3.05, 3.63) is 59.9 Å². The van der Waals surface area contributed by atoms with Crippen molar-refractivity contribution in [3.63, 3.8) is 0 Å². The number of aromatic nitrogens is 2. The highest BCUT2D eigenvalue weighted by molar-refractivity contribution is 5.98. The molecule has 32 heavy (non-hydrogen) atoms. The molecule has 2 aliphatic rings. The number of hydrogen-bond donors (Lipinski definition) is 2. The van der Waals surface area contributed by atoms with Crippen LogP contribution in [0.2, 0.25) is 0 Å². The Bertz CT molecular complexity index is 1110. The van der Waals surface area contributed by atoms with Crippen LogP contribution in [0.15, 0.2) is 48.5 Å². The van der Waals surface area contributed by atoms with Gasteiger partial charge in [0, 0.05) is 38.3 Å². The van der Waals surface area contributed by atoms with E-state index in [1.807, 2.05) is 48.5 Å². The van der Waals surface area contributed by atoms with Crippen LogP contribution in [0.3, 0.4) is 0 Å². The van der Waals surface area contributed by atoms with Crippen molar-refractivity contribution in [1.29, 1.82) is 0 Å². The zero-order valence-electron chi connectivity index (χ0n) is 17.9. The Morgan fingerprint density at radius 2 is 1.94 bits per heavy atom. The van der Waals surface area contributed by atoms with Gasteiger partial charge in [-0.3, -0.25) is 14.5 Å². The van der Waals surface area contributed by atoms with E-state index in [9.17, 15) is 9.59 Å². The quantitative estimate of drug-likeness (QED) is 0.623. The molecule has 1 atom stereocenters. The first-order valence-corrected chi connectivity index (χ1v) is 11.1. The Balaban J connectivity index is 1.21. The maximum atomic E-state index is 12.8. The molecule has 2 N–H and O–H groups in total. The van der Waals surface area contributed by atoms with Gasteiger partial charge in [0.2, 0.25) is 11.8 Å². The number of carbonyl (C=O) groups is 2. The molecule has 1 aromatic heterocycles. The van der Waals surface area contributed by atoms with Gasteiger partial charge in [-0.2, -0.15) is 0 Å². The van der Waals surface area contributed by atoms with Crippen LogP contribution < -0.4 is 5.32 Å². The summed E-state index contributed by atoms with van der Waals surface area (Å²) in [5, 5.41) is 2.98. The molecule has 2 aliphatic heterocycles. The number of carbonyl (C=O) groups excluding carboxylic acids is 2. The zero-order valence-corrected chi connectivity index (χ0v) is 17.9. The Labute approximate surface area is 186 Å². The average molecular weight is 434 g/mol. The Morgan fingerprint density at radius 3 is 2.75 bits per heavy atom. The van der Waals surface area contributed by atoms with Gasteiger partial charge in [0.25, 0.3) is 0 Å². The van der Waals surface area contributed by atoms with Crippen molar-refractivity contribution in [2.45, 2.75) is 19.5 Å². The number of aromatic amines is 1. The fourth-order valence-electron chi connectivity index (χ4n) is 4.33. The molecule has 0 unspecified atom stereocenters. The van der Waals surface area contributed by atoms with Crippen LogP contribution in [0.1, 0.15) is 17.8 Å². The minimum Gasteiger partial charge on any atom is -0.379 e. The summed E-state index contributed by atoms with van der Waals surface area (Å²) in [4.78, 5) is 37.3. The van der Waals surface area contributed by atoms with E-state index in [4.69, 9.17) is 4.74 Å². The molecule has 166 valence electrons. The lowest BCUT2D eigenvalue weighted by molar-refractivity contribution is -0.128. The normalized spacial score (nSPS) is 19.6. The van der Waals surface area contributed by atoms with Gasteiger partial charge in [-0.15, -0.1) is 0 Å². The van der Waals surface area contributed by atoms with Gasteiger partial charge in [-0.25, -0.2) is 4.98 Å². The highest BCUT2D eigenvalue weighted by atomic mass is 16.5. The lowest BCUT2D eigenvalue weighted by atomic mass is 10.1. The van der Waals surface area contributed by atoms with Crippen molar-refractivity contribution in [3.8, 4) is 0 Å². The summed E-state index contributed by atoms with van der Waals surface area (Å²) in [5.74, 6) is 0.455. The number of amides is 2. The van der Waals surface area contributed by atoms with Crippen molar-refractivity contribution in [2.24, 2.45) is 5.92 Å². The van der Waals surface area contributed by atoms with E-state index in [1.165, 1.54) is 0 Å². The number of rotatable bonds is 6. The maximum Gasteiger partial charge on any atom is 0.229 e. The number of H-pyrrole nitrogens is 1. The third-order valence-electron chi connectivity index (χ3n) is 6.08. The summed E-state index contributed by atoms with van der Waals surface area (Å²) in [7, 11) is 0. The molecule has 3 heterocycles. The minimum atomic E-state index is -0.347. The molecule has 2 amide bonds. The van der Waals surface area contributed by atoms with Gasteiger partial charge in [-0.1, -0.05) is 30.3 Å². The summed E-state index contributed by atoms with van der Waals surface area (Å²) < 4.78 is 5.40. The fourth-order valence-corrected chi connectivity index (χ4v) is 4.33. The molecule has 8 nitrogen and oxygen atoms in total. The Kier molecular flexibility index (Phi) is 5.87. The number of nitrogens with zero attached hydrogens (tertiary/aromatic N) is 3. The first-order chi connectivity index (χ1) is 15.6. The van der Waals surface area contributed by atoms with Gasteiger partial charge in [-0.05, 0) is 23.8 Å². The summed E-state index contributed by atoms with van der Waals surface area (Å²) in [6, 6.07) is 15.5. The zero-order chi connectivity index (χ0) is 21.9. The Hall–Kier alpha value is -3.23. The van der Waals surface area contributed by atoms with Crippen LogP contribution in [0, 0.1) is 5.92 Å². The minimum absolute atomic E-state index is 0.0192. The predicted molar refractivity (Wildman–Crippen MR) is 121 cm³/mol. The van der Waals surface area contributed by atoms with Gasteiger partial charge < -0.3 is 19.9 Å². The lowest BCUT2D eigenvalue weighted by Crippen LogP contribution is -2.35. The van der Waals surface area contributed by atoms with Gasteiger partial charge in [0.1, 0.15) is 5.82 Å². The smallest absolute Gasteiger partial charge is 0.229 e. The van der Waals surface area contributed by atoms with Crippen LogP contribution in [-0.4, -0.2) is 64.4 Å². The van der Waals surface area contributed by atoms with E-state index in [-0.39, 0.29) is 24.2 Å². The number of morpholine rings is 1. The van der Waals surface area contributed by atoms with E-state index >= 15 is 0 Å². The molecule has 0 radical (unpaired) electrons. The molecule has 0 spiro atoms. The highest BCUT2D eigenvalue weighted by Gasteiger charge is 2.34. The number of ether oxygens (including phenoxy) is 1. The van der Waals surface area contributed by atoms with Crippen molar-refractivity contribution in [1.82, 2.24) is 19.8 Å². The molecular weight excluding hydrogens is 406 g/mol. The summed E-state index contributed by atoms with van der Waals surface area (Å²) in [6.45, 7) is 5.04. The van der Waals surface area contributed by atoms with E-state index in [1.54, 1.807) is 4.90 Å². The van der Waals surface area contributed by atoms with Crippen molar-refractivity contribution in [2.75, 3.05) is 38.2 Å². The predicted octanol–water partition coefficient (Wildman–Crippen LogP) is 2.38. The van der Waals surface area contributed by atoms with Crippen LogP contribution >= 0.6 is 0 Å². The van der Waals surface area contributed by atoms with E-state index < -0.39 is 0 Å². The topological polar surface area (TPSA) is 90.6 Å². The van der Waals surface area contributed by atoms with Gasteiger partial charge in [0.05, 0.1) is 36.7 Å². The third kappa shape index (κ3) is 4.66. The van der Waals surface area contributed by atoms with E-state index in [0.29, 0.717) is 18.8 Å². The maximum absolute atomic E-state index is 12.8. The van der Waals surface area contributed by atoms with Crippen LogP contribution in [0.5, 0.6) is 0 Å². The standard InChI is InChI=1S/C24H27N5O3/c30-23-12-18(15-29(23)14-17-4-2-1-3-5-17)24(31)25-19-6-7-20-21(13-19)27-22(26-20)16-28-8-10-32-11-9-28/h1-7,13,18H,8-12,14-16H2,(H,25,31)(H,26,27)/t18-/m0/s1. The molecule has 5 rings (SSSR count). The second-order valence-electron chi connectivity index (χ2n) is 8.45. The van der Waals surface area contributed by atoms with Gasteiger partial charge in [0.15, 0.2) is 0 Å². The second-order valence-corrected chi connectivity index (χ2v) is 8.45. The summed E-state index contributed by atoms with van der Waals surface area (Å²) in [6.07, 6.45) is 0.245. The number of hydrogen-bond acceptors (Lipinski definition) is 5. The third-order valence-corrected chi connectivity index (χ3v) is 6.08. The monoisotopic (exact) mass is 433 g/mol. The van der Waals surface area contributed by atoms with Gasteiger partial charge >= 0.3 is 0 Å². The number of benzene rings is 2. The first-order valence-electron chi connectivity index (χ1n) is 11.1. The van der Waals surface area contributed by atoms with Crippen LogP contribution in [0.4, 0.5) is 5.69 Å². The summed E-state index contributed by atoms with van der Waals surface area (Å²) in [5.41, 5.74) is 3.54. The number of fused-ring (bicyclic) bond motifs is 1. The highest BCUT2D eigenvalue weighted by Crippen LogP contribution is 2.23. The average Bonchev–Trinajstić information content (AvgIpc) is 3.37. The molecule has 0 saturated carbocycles. The Morgan fingerprint density at radius 1 is 1.12 bits per heavy atom. The first kappa shape index (κ1) is 20.7. The molecule has 0 bridgehead atoms. The lowest BCUT2D eigenvalue weighted by Gasteiger charge is -2.25. The number of nitrogens with one attached hydrogen (secondary N) is 2.